The van der Waals surface area contributed by atoms with Crippen LogP contribution in [0.5, 0.6) is 5.75 Å². The number of carbonyl (C=O) groups excluding carboxylic acids is 1. The molecule has 0 aliphatic carbocycles. The van der Waals surface area contributed by atoms with Crippen LogP contribution in [0.15, 0.2) is 48.5 Å². The smallest absolute Gasteiger partial charge is 0.434 e. The van der Waals surface area contributed by atoms with Gasteiger partial charge in [0.15, 0.2) is 0 Å². The number of halogens is 5. The van der Waals surface area contributed by atoms with Crippen molar-refractivity contribution in [1.29, 1.82) is 0 Å². The number of aromatic nitrogens is 3. The molecule has 7 rings (SSSR count). The predicted molar refractivity (Wildman–Crippen MR) is 138 cm³/mol. The van der Waals surface area contributed by atoms with Crippen LogP contribution < -0.4 is 15.0 Å². The van der Waals surface area contributed by atoms with E-state index in [0.29, 0.717) is 34.8 Å². The van der Waals surface area contributed by atoms with Gasteiger partial charge in [-0.1, -0.05) is 12.1 Å². The zero-order chi connectivity index (χ0) is 29.6. The van der Waals surface area contributed by atoms with Gasteiger partial charge in [-0.3, -0.25) is 9.53 Å². The Balaban J connectivity index is 1.24. The number of fused-ring (bicyclic) bond motifs is 9. The Bertz CT molecular complexity index is 1750. The molecule has 0 unspecified atom stereocenters. The van der Waals surface area contributed by atoms with Gasteiger partial charge in [0.25, 0.3) is 5.91 Å². The van der Waals surface area contributed by atoms with Crippen LogP contribution in [-0.2, 0) is 4.74 Å². The summed E-state index contributed by atoms with van der Waals surface area (Å²) in [5, 5.41) is 12.9. The number of benzene rings is 2. The number of nitrogens with one attached hydrogen (secondary N) is 1. The summed E-state index contributed by atoms with van der Waals surface area (Å²) in [7, 11) is 0. The molecule has 2 aromatic carbocycles. The van der Waals surface area contributed by atoms with Crippen molar-refractivity contribution in [2.24, 2.45) is 0 Å². The number of alkyl halides is 5. The topological polar surface area (TPSA) is 102 Å². The van der Waals surface area contributed by atoms with Crippen LogP contribution in [0.1, 0.15) is 45.9 Å². The Kier molecular flexibility index (Phi) is 5.76. The number of anilines is 1. The van der Waals surface area contributed by atoms with E-state index in [4.69, 9.17) is 9.72 Å². The number of aryl methyl sites for hydroxylation is 1. The Morgan fingerprint density at radius 1 is 1.10 bits per heavy atom. The third-order valence-corrected chi connectivity index (χ3v) is 7.85. The highest BCUT2D eigenvalue weighted by Gasteiger charge is 2.51. The van der Waals surface area contributed by atoms with E-state index >= 15 is 0 Å². The molecule has 0 spiro atoms. The normalized spacial score (nSPS) is 20.7. The van der Waals surface area contributed by atoms with E-state index in [1.807, 2.05) is 22.8 Å². The van der Waals surface area contributed by atoms with Crippen molar-refractivity contribution in [3.63, 3.8) is 0 Å². The minimum Gasteiger partial charge on any atom is -0.434 e. The molecule has 0 radical (unpaired) electrons. The van der Waals surface area contributed by atoms with Crippen molar-refractivity contribution >= 4 is 22.8 Å². The molecule has 2 bridgehead atoms. The van der Waals surface area contributed by atoms with Gasteiger partial charge in [0.2, 0.25) is 5.79 Å². The minimum atomic E-state index is -4.96. The average molecular weight is 588 g/mol. The Morgan fingerprint density at radius 2 is 1.88 bits per heavy atom. The fraction of sp³-hybridized carbons (Fsp3) is 0.321. The highest BCUT2D eigenvalue weighted by Crippen LogP contribution is 2.48. The van der Waals surface area contributed by atoms with Crippen molar-refractivity contribution in [1.82, 2.24) is 19.9 Å². The molecule has 2 atom stereocenters. The van der Waals surface area contributed by atoms with Crippen LogP contribution in [0.25, 0.3) is 22.2 Å². The quantitative estimate of drug-likeness (QED) is 0.255. The van der Waals surface area contributed by atoms with E-state index < -0.39 is 30.8 Å². The first-order valence-corrected chi connectivity index (χ1v) is 13.0. The third-order valence-electron chi connectivity index (χ3n) is 7.85. The zero-order valence-corrected chi connectivity index (χ0v) is 21.8. The molecule has 1 amide bonds. The lowest BCUT2D eigenvalue weighted by Gasteiger charge is -2.46. The molecule has 14 heteroatoms. The first-order chi connectivity index (χ1) is 19.9. The Morgan fingerprint density at radius 3 is 2.60 bits per heavy atom. The van der Waals surface area contributed by atoms with Crippen molar-refractivity contribution in [3.8, 4) is 16.9 Å². The van der Waals surface area contributed by atoms with Gasteiger partial charge >= 0.3 is 13.0 Å². The van der Waals surface area contributed by atoms with Crippen molar-refractivity contribution < 1.29 is 41.3 Å². The fourth-order valence-electron chi connectivity index (χ4n) is 6.20. The van der Waals surface area contributed by atoms with E-state index in [-0.39, 0.29) is 30.3 Å². The summed E-state index contributed by atoms with van der Waals surface area (Å²) >= 11 is 0. The molecule has 4 aromatic rings. The lowest BCUT2D eigenvalue weighted by Crippen LogP contribution is -2.65. The number of ether oxygens (including phenoxy) is 2. The average Bonchev–Trinajstić information content (AvgIpc) is 3.38. The van der Waals surface area contributed by atoms with Gasteiger partial charge in [0, 0.05) is 22.4 Å². The first-order valence-electron chi connectivity index (χ1n) is 13.0. The molecule has 3 aliphatic heterocycles. The van der Waals surface area contributed by atoms with Crippen LogP contribution in [0.4, 0.5) is 27.8 Å². The lowest BCUT2D eigenvalue weighted by atomic mass is 9.97. The lowest BCUT2D eigenvalue weighted by molar-refractivity contribution is -0.413. The van der Waals surface area contributed by atoms with E-state index in [2.05, 4.69) is 15.0 Å². The van der Waals surface area contributed by atoms with Gasteiger partial charge in [-0.2, -0.15) is 8.78 Å². The summed E-state index contributed by atoms with van der Waals surface area (Å²) in [5.74, 6) is -1.78. The number of hydrogen-bond donors (Lipinski definition) is 2. The molecule has 3 aliphatic rings. The molecule has 42 heavy (non-hydrogen) atoms. The number of imidazole rings is 1. The molecule has 0 saturated carbocycles. The summed E-state index contributed by atoms with van der Waals surface area (Å²) in [5.41, 5.74) is 4.15. The van der Waals surface area contributed by atoms with Gasteiger partial charge in [-0.15, -0.1) is 13.2 Å². The summed E-state index contributed by atoms with van der Waals surface area (Å²) in [4.78, 5) is 23.7. The second-order valence-corrected chi connectivity index (χ2v) is 10.6. The summed E-state index contributed by atoms with van der Waals surface area (Å²) in [6.45, 7) is -2.07. The molecule has 1 fully saturated rings. The molecule has 1 saturated heterocycles. The second kappa shape index (κ2) is 9.10. The number of β-amino-alcohol motifs (C(OH)–C–C–N with tert-alkyl or cyclic N) is 1. The zero-order valence-electron chi connectivity index (χ0n) is 21.8. The van der Waals surface area contributed by atoms with Crippen LogP contribution in [-0.4, -0.2) is 57.4 Å². The van der Waals surface area contributed by atoms with Gasteiger partial charge in [0.1, 0.15) is 17.4 Å². The van der Waals surface area contributed by atoms with Crippen molar-refractivity contribution in [3.05, 3.63) is 71.2 Å². The standard InChI is InChI=1S/C28H22F5N5O4/c1-13-15(6-8-22(34-13)37-11-27(40,12-37)42-28(31,32)33)14-5-7-17-19(9-14)38-20-10-18(24(38)35-17)36-25(39)16-3-2-4-21(23(16)20)41-26(29)30/h2-9,18,20,26,40H,10-12H2,1H3,(H,36,39)/t18-,20-/m1/s1. The SMILES string of the molecule is Cc1nc(N2CC(O)(OC(F)(F)F)C2)ccc1-c1ccc2nc3n(c2c1)[C@@H]1C[C@H]3NC(=O)c2cccc(OC(F)F)c21. The molecule has 5 heterocycles. The van der Waals surface area contributed by atoms with E-state index in [0.717, 1.165) is 16.6 Å². The van der Waals surface area contributed by atoms with Gasteiger partial charge in [-0.25, -0.2) is 9.97 Å². The number of nitrogens with zero attached hydrogens (tertiary/aromatic N) is 4. The third kappa shape index (κ3) is 4.32. The van der Waals surface area contributed by atoms with Crippen LogP contribution in [0, 0.1) is 6.92 Å². The Hall–Kier alpha value is -4.30. The summed E-state index contributed by atoms with van der Waals surface area (Å²) in [6.07, 6.45) is -4.54. The molecule has 218 valence electrons. The molecular weight excluding hydrogens is 565 g/mol. The summed E-state index contributed by atoms with van der Waals surface area (Å²) in [6, 6.07) is 12.6. The number of aliphatic hydroxyl groups is 1. The van der Waals surface area contributed by atoms with E-state index in [1.165, 1.54) is 17.0 Å². The number of carbonyl (C=O) groups is 1. The largest absolute Gasteiger partial charge is 0.525 e. The maximum Gasteiger partial charge on any atom is 0.525 e. The van der Waals surface area contributed by atoms with E-state index in [9.17, 15) is 31.9 Å². The first kappa shape index (κ1) is 26.6. The predicted octanol–water partition coefficient (Wildman–Crippen LogP) is 4.83. The van der Waals surface area contributed by atoms with Crippen molar-refractivity contribution in [2.75, 3.05) is 18.0 Å². The summed E-state index contributed by atoms with van der Waals surface area (Å²) < 4.78 is 74.8. The van der Waals surface area contributed by atoms with Gasteiger partial charge < -0.3 is 24.6 Å². The maximum absolute atomic E-state index is 13.3. The highest BCUT2D eigenvalue weighted by molar-refractivity contribution is 5.98. The highest BCUT2D eigenvalue weighted by atomic mass is 19.4. The second-order valence-electron chi connectivity index (χ2n) is 10.6. The van der Waals surface area contributed by atoms with Crippen molar-refractivity contribution in [2.45, 2.75) is 44.2 Å². The maximum atomic E-state index is 13.3. The number of hydrogen-bond acceptors (Lipinski definition) is 7. The minimum absolute atomic E-state index is 0.0664. The fourth-order valence-corrected chi connectivity index (χ4v) is 6.20. The molecule has 2 N–H and O–H groups in total. The van der Waals surface area contributed by atoms with Gasteiger partial charge in [-0.05, 0) is 55.3 Å². The molecule has 9 nitrogen and oxygen atoms in total. The van der Waals surface area contributed by atoms with Gasteiger partial charge in [0.05, 0.1) is 36.2 Å². The van der Waals surface area contributed by atoms with Crippen LogP contribution in [0.2, 0.25) is 0 Å². The van der Waals surface area contributed by atoms with Crippen LogP contribution >= 0.6 is 0 Å². The number of pyridine rings is 1. The van der Waals surface area contributed by atoms with Crippen LogP contribution in [0.3, 0.4) is 0 Å². The Labute approximate surface area is 234 Å². The molecular formula is C28H22F5N5O4. The molecule has 2 aromatic heterocycles. The van der Waals surface area contributed by atoms with E-state index in [1.54, 1.807) is 25.1 Å². The number of amides is 1. The monoisotopic (exact) mass is 587 g/mol. The number of rotatable bonds is 5.